The van der Waals surface area contributed by atoms with Crippen molar-refractivity contribution in [2.75, 3.05) is 38.7 Å². The van der Waals surface area contributed by atoms with E-state index in [0.717, 1.165) is 18.5 Å². The third-order valence-electron chi connectivity index (χ3n) is 5.47. The highest BCUT2D eigenvalue weighted by atomic mass is 19.1. The Morgan fingerprint density at radius 3 is 2.83 bits per heavy atom. The molecule has 1 saturated carbocycles. The monoisotopic (exact) mass is 411 g/mol. The average Bonchev–Trinajstić information content (AvgIpc) is 3.57. The molecule has 0 bridgehead atoms. The molecule has 1 aliphatic heterocycles. The lowest BCUT2D eigenvalue weighted by atomic mass is 10.1. The number of amides is 1. The molecule has 2 aliphatic rings. The number of anilines is 2. The van der Waals surface area contributed by atoms with Crippen LogP contribution in [-0.4, -0.2) is 59.2 Å². The number of hydrogen-bond acceptors (Lipinski definition) is 6. The fourth-order valence-corrected chi connectivity index (χ4v) is 3.73. The van der Waals surface area contributed by atoms with Gasteiger partial charge in [-0.3, -0.25) is 4.79 Å². The molecule has 2 fully saturated rings. The summed E-state index contributed by atoms with van der Waals surface area (Å²) in [6.45, 7) is 2.24. The molecule has 8 nitrogen and oxygen atoms in total. The van der Waals surface area contributed by atoms with E-state index in [4.69, 9.17) is 9.47 Å². The molecule has 5 rings (SSSR count). The van der Waals surface area contributed by atoms with E-state index in [0.29, 0.717) is 60.3 Å². The lowest BCUT2D eigenvalue weighted by Gasteiger charge is -2.27. The number of morpholine rings is 1. The Morgan fingerprint density at radius 1 is 1.30 bits per heavy atom. The molecule has 3 aromatic rings. The summed E-state index contributed by atoms with van der Waals surface area (Å²) >= 11 is 0. The first-order valence-corrected chi connectivity index (χ1v) is 10.0. The number of fused-ring (bicyclic) bond motifs is 1. The van der Waals surface area contributed by atoms with Crippen LogP contribution in [0.25, 0.3) is 11.0 Å². The fourth-order valence-electron chi connectivity index (χ4n) is 3.73. The predicted octanol–water partition coefficient (Wildman–Crippen LogP) is 3.20. The van der Waals surface area contributed by atoms with Gasteiger partial charge in [0, 0.05) is 30.8 Å². The first-order chi connectivity index (χ1) is 14.6. The summed E-state index contributed by atoms with van der Waals surface area (Å²) in [7, 11) is 1.55. The Kier molecular flexibility index (Phi) is 4.74. The molecule has 1 aliphatic carbocycles. The van der Waals surface area contributed by atoms with Gasteiger partial charge in [-0.25, -0.2) is 9.37 Å². The number of hydrogen-bond donors (Lipinski definition) is 2. The van der Waals surface area contributed by atoms with E-state index in [9.17, 15) is 9.18 Å². The molecule has 1 amide bonds. The minimum Gasteiger partial charge on any atom is -0.495 e. The molecule has 1 aromatic carbocycles. The number of carbonyl (C=O) groups excluding carboxylic acids is 1. The lowest BCUT2D eigenvalue weighted by molar-refractivity contribution is 0.0302. The Balaban J connectivity index is 1.44. The Morgan fingerprint density at radius 2 is 2.10 bits per heavy atom. The van der Waals surface area contributed by atoms with E-state index < -0.39 is 0 Å². The number of aromatic amines is 1. The third-order valence-corrected chi connectivity index (χ3v) is 5.47. The van der Waals surface area contributed by atoms with Gasteiger partial charge in [-0.2, -0.15) is 4.98 Å². The molecule has 3 heterocycles. The van der Waals surface area contributed by atoms with Gasteiger partial charge in [0.15, 0.2) is 5.82 Å². The zero-order valence-corrected chi connectivity index (χ0v) is 16.6. The normalized spacial score (nSPS) is 16.7. The molecular formula is C21H22FN5O3. The van der Waals surface area contributed by atoms with Crippen LogP contribution in [0.3, 0.4) is 0 Å². The number of benzene rings is 1. The summed E-state index contributed by atoms with van der Waals surface area (Å²) in [5, 5.41) is 3.62. The van der Waals surface area contributed by atoms with Crippen LogP contribution >= 0.6 is 0 Å². The van der Waals surface area contributed by atoms with E-state index in [1.807, 2.05) is 0 Å². The van der Waals surface area contributed by atoms with Crippen molar-refractivity contribution in [1.82, 2.24) is 19.9 Å². The number of aromatic nitrogens is 3. The number of halogens is 1. The maximum atomic E-state index is 14.2. The maximum Gasteiger partial charge on any atom is 0.254 e. The van der Waals surface area contributed by atoms with E-state index in [2.05, 4.69) is 20.3 Å². The zero-order valence-electron chi connectivity index (χ0n) is 16.6. The summed E-state index contributed by atoms with van der Waals surface area (Å²) < 4.78 is 25.0. The molecule has 2 aromatic heterocycles. The smallest absolute Gasteiger partial charge is 0.254 e. The number of methoxy groups -OCH3 is 1. The maximum absolute atomic E-state index is 14.2. The third kappa shape index (κ3) is 3.45. The van der Waals surface area contributed by atoms with Crippen molar-refractivity contribution in [3.63, 3.8) is 0 Å². The average molecular weight is 411 g/mol. The number of ether oxygens (including phenoxy) is 2. The van der Waals surface area contributed by atoms with E-state index in [1.54, 1.807) is 30.2 Å². The quantitative estimate of drug-likeness (QED) is 0.670. The van der Waals surface area contributed by atoms with Gasteiger partial charge in [0.05, 0.1) is 37.1 Å². The summed E-state index contributed by atoms with van der Waals surface area (Å²) in [5.74, 6) is 0.734. The number of H-pyrrole nitrogens is 1. The van der Waals surface area contributed by atoms with Crippen molar-refractivity contribution in [3.8, 4) is 5.75 Å². The zero-order chi connectivity index (χ0) is 20.7. The first-order valence-electron chi connectivity index (χ1n) is 10.0. The van der Waals surface area contributed by atoms with Crippen molar-refractivity contribution in [1.29, 1.82) is 0 Å². The van der Waals surface area contributed by atoms with Gasteiger partial charge >= 0.3 is 0 Å². The Labute approximate surface area is 172 Å². The SMILES string of the molecule is COc1cc(C(=O)N2CCOCC2)ccc1Nc1nc(C2CC2)c2c(F)c[nH]c2n1. The number of nitrogens with zero attached hydrogens (tertiary/aromatic N) is 3. The number of carbonyl (C=O) groups is 1. The fraction of sp³-hybridized carbons (Fsp3) is 0.381. The number of nitrogens with one attached hydrogen (secondary N) is 2. The molecule has 2 N–H and O–H groups in total. The van der Waals surface area contributed by atoms with Crippen LogP contribution in [0.5, 0.6) is 5.75 Å². The van der Waals surface area contributed by atoms with Crippen molar-refractivity contribution >= 4 is 28.6 Å². The summed E-state index contributed by atoms with van der Waals surface area (Å²) in [6, 6.07) is 5.22. The molecule has 156 valence electrons. The molecule has 1 saturated heterocycles. The highest BCUT2D eigenvalue weighted by Crippen LogP contribution is 2.43. The van der Waals surface area contributed by atoms with Crippen molar-refractivity contribution in [3.05, 3.63) is 41.5 Å². The second kappa shape index (κ2) is 7.56. The van der Waals surface area contributed by atoms with Crippen LogP contribution < -0.4 is 10.1 Å². The second-order valence-corrected chi connectivity index (χ2v) is 7.51. The van der Waals surface area contributed by atoms with Crippen molar-refractivity contribution in [2.45, 2.75) is 18.8 Å². The van der Waals surface area contributed by atoms with Crippen molar-refractivity contribution in [2.24, 2.45) is 0 Å². The van der Waals surface area contributed by atoms with Crippen molar-refractivity contribution < 1.29 is 18.7 Å². The molecule has 9 heteroatoms. The van der Waals surface area contributed by atoms with Gasteiger partial charge in [-0.05, 0) is 31.0 Å². The Bertz CT molecular complexity index is 1110. The second-order valence-electron chi connectivity index (χ2n) is 7.51. The van der Waals surface area contributed by atoms with Gasteiger partial charge in [0.1, 0.15) is 11.4 Å². The van der Waals surface area contributed by atoms with Gasteiger partial charge in [-0.15, -0.1) is 0 Å². The summed E-state index contributed by atoms with van der Waals surface area (Å²) in [4.78, 5) is 26.4. The van der Waals surface area contributed by atoms with Crippen LogP contribution in [0.2, 0.25) is 0 Å². The van der Waals surface area contributed by atoms with Crippen LogP contribution in [0, 0.1) is 5.82 Å². The van der Waals surface area contributed by atoms with Gasteiger partial charge in [0.25, 0.3) is 5.91 Å². The molecule has 0 atom stereocenters. The predicted molar refractivity (Wildman–Crippen MR) is 109 cm³/mol. The van der Waals surface area contributed by atoms with Crippen LogP contribution in [0.15, 0.2) is 24.4 Å². The Hall–Kier alpha value is -3.20. The van der Waals surface area contributed by atoms with E-state index in [1.165, 1.54) is 6.20 Å². The summed E-state index contributed by atoms with van der Waals surface area (Å²) in [5.41, 5.74) is 2.36. The molecule has 30 heavy (non-hydrogen) atoms. The minimum atomic E-state index is -0.331. The molecule has 0 radical (unpaired) electrons. The standard InChI is InChI=1S/C21H22FN5O3/c1-29-16-10-13(20(28)27-6-8-30-9-7-27)4-5-15(16)24-21-25-18(12-2-3-12)17-14(22)11-23-19(17)26-21/h4-5,10-12H,2-3,6-9H2,1H3,(H2,23,24,25,26). The lowest BCUT2D eigenvalue weighted by Crippen LogP contribution is -2.40. The largest absolute Gasteiger partial charge is 0.495 e. The number of rotatable bonds is 5. The van der Waals surface area contributed by atoms with Crippen LogP contribution in [0.4, 0.5) is 16.0 Å². The minimum absolute atomic E-state index is 0.0568. The van der Waals surface area contributed by atoms with Crippen LogP contribution in [-0.2, 0) is 4.74 Å². The molecular weight excluding hydrogens is 389 g/mol. The van der Waals surface area contributed by atoms with Gasteiger partial charge in [0.2, 0.25) is 5.95 Å². The van der Waals surface area contributed by atoms with Crippen LogP contribution in [0.1, 0.15) is 34.8 Å². The van der Waals surface area contributed by atoms with E-state index >= 15 is 0 Å². The highest BCUT2D eigenvalue weighted by Gasteiger charge is 2.30. The topological polar surface area (TPSA) is 92.4 Å². The highest BCUT2D eigenvalue weighted by molar-refractivity contribution is 5.95. The van der Waals surface area contributed by atoms with Gasteiger partial charge in [-0.1, -0.05) is 0 Å². The van der Waals surface area contributed by atoms with Gasteiger partial charge < -0.3 is 24.7 Å². The first kappa shape index (κ1) is 18.8. The summed E-state index contributed by atoms with van der Waals surface area (Å²) in [6.07, 6.45) is 3.30. The van der Waals surface area contributed by atoms with E-state index in [-0.39, 0.29) is 17.6 Å². The molecule has 0 unspecified atom stereocenters. The molecule has 0 spiro atoms.